The summed E-state index contributed by atoms with van der Waals surface area (Å²) in [6, 6.07) is 27.8. The molecule has 2 atom stereocenters. The van der Waals surface area contributed by atoms with Gasteiger partial charge in [0, 0.05) is 10.8 Å². The molecule has 7 nitrogen and oxygen atoms in total. The van der Waals surface area contributed by atoms with Crippen molar-refractivity contribution in [2.75, 3.05) is 13.2 Å². The zero-order valence-electron chi connectivity index (χ0n) is 19.9. The Bertz CT molecular complexity index is 1430. The number of benzene rings is 4. The third-order valence-corrected chi connectivity index (χ3v) is 6.39. The molecule has 5 rings (SSSR count). The summed E-state index contributed by atoms with van der Waals surface area (Å²) in [6.45, 7) is -0.521. The first kappa shape index (κ1) is 24.2. The fraction of sp³-hybridized carbons (Fsp3) is 0.133. The van der Waals surface area contributed by atoms with Crippen LogP contribution < -0.4 is 10.6 Å². The molecule has 0 saturated carbocycles. The highest BCUT2D eigenvalue weighted by Gasteiger charge is 2.23. The van der Waals surface area contributed by atoms with Gasteiger partial charge in [-0.15, -0.1) is 0 Å². The number of fused-ring (bicyclic) bond motifs is 3. The normalized spacial score (nSPS) is 12.8. The van der Waals surface area contributed by atoms with E-state index >= 15 is 0 Å². The van der Waals surface area contributed by atoms with Gasteiger partial charge < -0.3 is 25.3 Å². The van der Waals surface area contributed by atoms with Crippen molar-refractivity contribution in [3.05, 3.63) is 119 Å². The van der Waals surface area contributed by atoms with E-state index in [9.17, 15) is 19.8 Å². The highest BCUT2D eigenvalue weighted by atomic mass is 16.3. The minimum atomic E-state index is -0.580. The summed E-state index contributed by atoms with van der Waals surface area (Å²) in [7, 11) is 0. The number of furan rings is 1. The van der Waals surface area contributed by atoms with E-state index in [0.717, 1.165) is 11.1 Å². The number of nitrogens with one attached hydrogen (secondary N) is 2. The lowest BCUT2D eigenvalue weighted by atomic mass is 10.0. The van der Waals surface area contributed by atoms with Gasteiger partial charge in [-0.25, -0.2) is 0 Å². The number of hydrogen-bond acceptors (Lipinski definition) is 5. The highest BCUT2D eigenvalue weighted by Crippen LogP contribution is 2.33. The summed E-state index contributed by atoms with van der Waals surface area (Å²) in [5.41, 5.74) is 2.86. The summed E-state index contributed by atoms with van der Waals surface area (Å²) in [4.78, 5) is 26.5. The molecule has 2 amide bonds. The highest BCUT2D eigenvalue weighted by molar-refractivity contribution is 6.17. The van der Waals surface area contributed by atoms with Crippen LogP contribution in [0.25, 0.3) is 21.9 Å². The van der Waals surface area contributed by atoms with Crippen LogP contribution in [0, 0.1) is 0 Å². The molecule has 0 radical (unpaired) electrons. The van der Waals surface area contributed by atoms with E-state index in [0.29, 0.717) is 33.1 Å². The van der Waals surface area contributed by atoms with Gasteiger partial charge in [0.2, 0.25) is 0 Å². The maximum absolute atomic E-state index is 13.2. The van der Waals surface area contributed by atoms with Crippen molar-refractivity contribution in [1.29, 1.82) is 0 Å². The third-order valence-electron chi connectivity index (χ3n) is 6.39. The SMILES string of the molecule is O=C(N[C@@H](CO)c1ccccc1)c1cccc2c1oc1c(C(=O)N[C@@H](CO)c3ccccc3)cccc12. The predicted octanol–water partition coefficient (Wildman–Crippen LogP) is 4.51. The molecule has 0 fully saturated rings. The molecular weight excluding hydrogens is 468 g/mol. The second-order valence-corrected chi connectivity index (χ2v) is 8.71. The van der Waals surface area contributed by atoms with Crippen LogP contribution in [0.15, 0.2) is 101 Å². The lowest BCUT2D eigenvalue weighted by molar-refractivity contribution is 0.0911. The van der Waals surface area contributed by atoms with Gasteiger partial charge in [0.15, 0.2) is 0 Å². The lowest BCUT2D eigenvalue weighted by Gasteiger charge is -2.17. The fourth-order valence-corrected chi connectivity index (χ4v) is 4.49. The molecule has 1 aromatic heterocycles. The lowest BCUT2D eigenvalue weighted by Crippen LogP contribution is -2.30. The summed E-state index contributed by atoms with van der Waals surface area (Å²) < 4.78 is 6.15. The Labute approximate surface area is 213 Å². The van der Waals surface area contributed by atoms with E-state index in [1.807, 2.05) is 72.8 Å². The van der Waals surface area contributed by atoms with E-state index in [1.54, 1.807) is 24.3 Å². The maximum atomic E-state index is 13.2. The Morgan fingerprint density at radius 2 is 1.00 bits per heavy atom. The van der Waals surface area contributed by atoms with Crippen LogP contribution in [0.2, 0.25) is 0 Å². The maximum Gasteiger partial charge on any atom is 0.255 e. The van der Waals surface area contributed by atoms with Crippen molar-refractivity contribution in [3.63, 3.8) is 0 Å². The molecule has 37 heavy (non-hydrogen) atoms. The van der Waals surface area contributed by atoms with Gasteiger partial charge in [0.1, 0.15) is 11.2 Å². The fourth-order valence-electron chi connectivity index (χ4n) is 4.49. The Balaban J connectivity index is 1.49. The number of rotatable bonds is 8. The quantitative estimate of drug-likeness (QED) is 0.254. The van der Waals surface area contributed by atoms with Crippen LogP contribution in [0.5, 0.6) is 0 Å². The van der Waals surface area contributed by atoms with Gasteiger partial charge in [-0.2, -0.15) is 0 Å². The molecule has 4 aromatic carbocycles. The van der Waals surface area contributed by atoms with Crippen molar-refractivity contribution in [2.24, 2.45) is 0 Å². The molecule has 5 aromatic rings. The molecule has 1 heterocycles. The number of carbonyl (C=O) groups is 2. The molecular formula is C30H26N2O5. The van der Waals surface area contributed by atoms with Crippen LogP contribution in [-0.2, 0) is 0 Å². The second kappa shape index (κ2) is 10.7. The molecule has 4 N–H and O–H groups in total. The topological polar surface area (TPSA) is 112 Å². The van der Waals surface area contributed by atoms with E-state index in [4.69, 9.17) is 4.42 Å². The van der Waals surface area contributed by atoms with E-state index in [2.05, 4.69) is 10.6 Å². The summed E-state index contributed by atoms with van der Waals surface area (Å²) in [5.74, 6) is -0.800. The van der Waals surface area contributed by atoms with Crippen molar-refractivity contribution < 1.29 is 24.2 Å². The van der Waals surface area contributed by atoms with E-state index < -0.39 is 23.9 Å². The van der Waals surface area contributed by atoms with Crippen LogP contribution >= 0.6 is 0 Å². The number of aliphatic hydroxyl groups is 2. The minimum Gasteiger partial charge on any atom is -0.454 e. The predicted molar refractivity (Wildman–Crippen MR) is 141 cm³/mol. The Kier molecular flexibility index (Phi) is 6.98. The van der Waals surface area contributed by atoms with Crippen molar-refractivity contribution in [1.82, 2.24) is 10.6 Å². The molecule has 0 unspecified atom stereocenters. The van der Waals surface area contributed by atoms with Crippen LogP contribution in [0.4, 0.5) is 0 Å². The smallest absolute Gasteiger partial charge is 0.255 e. The first-order chi connectivity index (χ1) is 18.1. The van der Waals surface area contributed by atoms with Gasteiger partial charge in [-0.05, 0) is 23.3 Å². The van der Waals surface area contributed by atoms with Gasteiger partial charge in [-0.3, -0.25) is 9.59 Å². The molecule has 0 saturated heterocycles. The Morgan fingerprint density at radius 3 is 1.38 bits per heavy atom. The van der Waals surface area contributed by atoms with Gasteiger partial charge >= 0.3 is 0 Å². The molecule has 0 bridgehead atoms. The van der Waals surface area contributed by atoms with Crippen molar-refractivity contribution in [3.8, 4) is 0 Å². The van der Waals surface area contributed by atoms with Crippen molar-refractivity contribution >= 4 is 33.8 Å². The Morgan fingerprint density at radius 1 is 0.595 bits per heavy atom. The zero-order valence-corrected chi connectivity index (χ0v) is 19.9. The van der Waals surface area contributed by atoms with Crippen LogP contribution in [0.3, 0.4) is 0 Å². The summed E-state index contributed by atoms with van der Waals surface area (Å²) in [5, 5.41) is 26.9. The summed E-state index contributed by atoms with van der Waals surface area (Å²) in [6.07, 6.45) is 0. The molecule has 0 aliphatic heterocycles. The minimum absolute atomic E-state index is 0.260. The average Bonchev–Trinajstić information content (AvgIpc) is 3.34. The third kappa shape index (κ3) is 4.82. The first-order valence-corrected chi connectivity index (χ1v) is 12.0. The van der Waals surface area contributed by atoms with Crippen molar-refractivity contribution in [2.45, 2.75) is 12.1 Å². The largest absolute Gasteiger partial charge is 0.454 e. The average molecular weight is 495 g/mol. The van der Waals surface area contributed by atoms with Gasteiger partial charge in [-0.1, -0.05) is 84.9 Å². The first-order valence-electron chi connectivity index (χ1n) is 12.0. The molecule has 7 heteroatoms. The number of carbonyl (C=O) groups excluding carboxylic acids is 2. The monoisotopic (exact) mass is 494 g/mol. The molecule has 0 aliphatic rings. The van der Waals surface area contributed by atoms with Gasteiger partial charge in [0.25, 0.3) is 11.8 Å². The number of hydrogen-bond donors (Lipinski definition) is 4. The number of aliphatic hydroxyl groups excluding tert-OH is 2. The molecule has 0 aliphatic carbocycles. The van der Waals surface area contributed by atoms with E-state index in [-0.39, 0.29) is 13.2 Å². The number of para-hydroxylation sites is 2. The standard InChI is InChI=1S/C30H26N2O5/c33-17-25(19-9-3-1-4-10-19)31-29(35)23-15-7-13-21-22-14-8-16-24(28(22)37-27(21)23)30(36)32-26(18-34)20-11-5-2-6-12-20/h1-16,25-26,33-34H,17-18H2,(H,31,35)(H,32,36)/t25-,26-/m0/s1. The molecule has 0 spiro atoms. The number of amides is 2. The van der Waals surface area contributed by atoms with Crippen LogP contribution in [-0.4, -0.2) is 35.2 Å². The van der Waals surface area contributed by atoms with Gasteiger partial charge in [0.05, 0.1) is 36.4 Å². The second-order valence-electron chi connectivity index (χ2n) is 8.71. The zero-order chi connectivity index (χ0) is 25.8. The van der Waals surface area contributed by atoms with E-state index in [1.165, 1.54) is 0 Å². The molecule has 186 valence electrons. The summed E-state index contributed by atoms with van der Waals surface area (Å²) >= 11 is 0. The Hall–Kier alpha value is -4.46. The van der Waals surface area contributed by atoms with Crippen LogP contribution in [0.1, 0.15) is 43.9 Å².